The molecule has 1 aromatic heterocycles. The largest absolute Gasteiger partial charge is 0.350 e. The molecule has 3 nitrogen and oxygen atoms in total. The average Bonchev–Trinajstić information content (AvgIpc) is 2.85. The van der Waals surface area contributed by atoms with Gasteiger partial charge in [0.2, 0.25) is 5.91 Å². The predicted molar refractivity (Wildman–Crippen MR) is 62.2 cm³/mol. The Hall–Kier alpha value is -1.01. The summed E-state index contributed by atoms with van der Waals surface area (Å²) in [5.41, 5.74) is 0. The van der Waals surface area contributed by atoms with Crippen molar-refractivity contribution >= 4 is 17.2 Å². The van der Waals surface area contributed by atoms with Crippen LogP contribution in [-0.2, 0) is 11.3 Å². The first kappa shape index (κ1) is 12.4. The van der Waals surface area contributed by atoms with Gasteiger partial charge in [0.15, 0.2) is 0 Å². The highest BCUT2D eigenvalue weighted by Crippen LogP contribution is 2.26. The van der Waals surface area contributed by atoms with Gasteiger partial charge in [-0.15, -0.1) is 11.3 Å². The molecular formula is C11H14F2N2OS. The van der Waals surface area contributed by atoms with E-state index in [-0.39, 0.29) is 25.4 Å². The number of carbonyl (C=O) groups is 1. The van der Waals surface area contributed by atoms with Crippen LogP contribution in [0.3, 0.4) is 0 Å². The Balaban J connectivity index is 1.71. The number of halogens is 2. The molecule has 0 spiro atoms. The lowest BCUT2D eigenvalue weighted by molar-refractivity contribution is -0.122. The molecule has 17 heavy (non-hydrogen) atoms. The number of thiophene rings is 1. The highest BCUT2D eigenvalue weighted by molar-refractivity contribution is 7.09. The Bertz CT molecular complexity index is 381. The Morgan fingerprint density at radius 1 is 1.59 bits per heavy atom. The van der Waals surface area contributed by atoms with Gasteiger partial charge in [-0.3, -0.25) is 9.69 Å². The van der Waals surface area contributed by atoms with Crippen molar-refractivity contribution in [3.63, 3.8) is 0 Å². The lowest BCUT2D eigenvalue weighted by Gasteiger charge is -2.14. The van der Waals surface area contributed by atoms with Gasteiger partial charge in [0.1, 0.15) is 0 Å². The molecule has 0 aromatic carbocycles. The van der Waals surface area contributed by atoms with Crippen LogP contribution >= 0.6 is 11.3 Å². The van der Waals surface area contributed by atoms with Crippen LogP contribution in [-0.4, -0.2) is 36.4 Å². The summed E-state index contributed by atoms with van der Waals surface area (Å²) >= 11 is 1.56. The van der Waals surface area contributed by atoms with Crippen molar-refractivity contribution in [1.82, 2.24) is 10.2 Å². The van der Waals surface area contributed by atoms with E-state index in [4.69, 9.17) is 0 Å². The van der Waals surface area contributed by atoms with E-state index in [1.54, 1.807) is 11.3 Å². The molecular weight excluding hydrogens is 246 g/mol. The molecule has 1 N–H and O–H groups in total. The molecule has 0 saturated carbocycles. The smallest absolute Gasteiger partial charge is 0.261 e. The summed E-state index contributed by atoms with van der Waals surface area (Å²) < 4.78 is 25.8. The summed E-state index contributed by atoms with van der Waals surface area (Å²) in [5, 5.41) is 4.66. The zero-order valence-electron chi connectivity index (χ0n) is 9.29. The topological polar surface area (TPSA) is 32.3 Å². The zero-order chi connectivity index (χ0) is 12.3. The van der Waals surface area contributed by atoms with E-state index in [1.165, 1.54) is 4.90 Å². The van der Waals surface area contributed by atoms with Crippen LogP contribution < -0.4 is 5.32 Å². The lowest BCUT2D eigenvalue weighted by Crippen LogP contribution is -2.36. The number of rotatable bonds is 4. The molecule has 0 atom stereocenters. The van der Waals surface area contributed by atoms with Crippen molar-refractivity contribution in [2.75, 3.05) is 19.6 Å². The van der Waals surface area contributed by atoms with Crippen molar-refractivity contribution in [3.8, 4) is 0 Å². The van der Waals surface area contributed by atoms with Crippen LogP contribution in [0.15, 0.2) is 17.5 Å². The monoisotopic (exact) mass is 260 g/mol. The van der Waals surface area contributed by atoms with E-state index in [2.05, 4.69) is 5.32 Å². The Labute approximate surface area is 102 Å². The van der Waals surface area contributed by atoms with E-state index in [9.17, 15) is 13.6 Å². The van der Waals surface area contributed by atoms with E-state index >= 15 is 0 Å². The fourth-order valence-electron chi connectivity index (χ4n) is 1.80. The SMILES string of the molecule is O=C(CN1CCC(F)(F)C1)NCc1cccs1. The van der Waals surface area contributed by atoms with Crippen LogP contribution in [0.2, 0.25) is 0 Å². The molecule has 1 aromatic rings. The normalized spacial score (nSPS) is 19.4. The first-order valence-corrected chi connectivity index (χ1v) is 6.32. The summed E-state index contributed by atoms with van der Waals surface area (Å²) in [6, 6.07) is 3.84. The predicted octanol–water partition coefficient (Wildman–Crippen LogP) is 1.71. The second-order valence-electron chi connectivity index (χ2n) is 4.17. The van der Waals surface area contributed by atoms with Crippen molar-refractivity contribution in [3.05, 3.63) is 22.4 Å². The Morgan fingerprint density at radius 3 is 3.00 bits per heavy atom. The first-order chi connectivity index (χ1) is 8.05. The third kappa shape index (κ3) is 3.74. The molecule has 0 aliphatic carbocycles. The number of carbonyl (C=O) groups excluding carboxylic acids is 1. The van der Waals surface area contributed by atoms with Gasteiger partial charge in [-0.25, -0.2) is 8.78 Å². The summed E-state index contributed by atoms with van der Waals surface area (Å²) in [5.74, 6) is -2.83. The molecule has 6 heteroatoms. The second-order valence-corrected chi connectivity index (χ2v) is 5.20. The van der Waals surface area contributed by atoms with Crippen LogP contribution in [0.1, 0.15) is 11.3 Å². The van der Waals surface area contributed by atoms with E-state index in [0.29, 0.717) is 13.1 Å². The van der Waals surface area contributed by atoms with Gasteiger partial charge in [0, 0.05) is 17.8 Å². The fraction of sp³-hybridized carbons (Fsp3) is 0.545. The van der Waals surface area contributed by atoms with Gasteiger partial charge in [0.25, 0.3) is 5.92 Å². The van der Waals surface area contributed by atoms with E-state index in [0.717, 1.165) is 4.88 Å². The maximum Gasteiger partial charge on any atom is 0.261 e. The number of amides is 1. The van der Waals surface area contributed by atoms with Gasteiger partial charge in [0.05, 0.1) is 19.6 Å². The maximum atomic E-state index is 12.9. The van der Waals surface area contributed by atoms with Crippen molar-refractivity contribution in [1.29, 1.82) is 0 Å². The Morgan fingerprint density at radius 2 is 2.41 bits per heavy atom. The fourth-order valence-corrected chi connectivity index (χ4v) is 2.44. The molecule has 2 heterocycles. The number of hydrogen-bond acceptors (Lipinski definition) is 3. The minimum Gasteiger partial charge on any atom is -0.350 e. The van der Waals surface area contributed by atoms with Gasteiger partial charge >= 0.3 is 0 Å². The van der Waals surface area contributed by atoms with E-state index < -0.39 is 5.92 Å². The van der Waals surface area contributed by atoms with Gasteiger partial charge in [-0.05, 0) is 11.4 Å². The third-order valence-corrected chi connectivity index (χ3v) is 3.53. The number of likely N-dealkylation sites (tertiary alicyclic amines) is 1. The van der Waals surface area contributed by atoms with Crippen molar-refractivity contribution in [2.24, 2.45) is 0 Å². The minimum atomic E-state index is -2.63. The molecule has 0 bridgehead atoms. The molecule has 0 unspecified atom stereocenters. The zero-order valence-corrected chi connectivity index (χ0v) is 10.1. The third-order valence-electron chi connectivity index (χ3n) is 2.66. The number of hydrogen-bond donors (Lipinski definition) is 1. The summed E-state index contributed by atoms with van der Waals surface area (Å²) in [7, 11) is 0. The average molecular weight is 260 g/mol. The van der Waals surface area contributed by atoms with Crippen LogP contribution in [0.5, 0.6) is 0 Å². The standard InChI is InChI=1S/C11H14F2N2OS/c12-11(13)3-4-15(8-11)7-10(16)14-6-9-2-1-5-17-9/h1-2,5H,3-4,6-8H2,(H,14,16). The molecule has 1 saturated heterocycles. The molecule has 1 fully saturated rings. The Kier molecular flexibility index (Phi) is 3.73. The first-order valence-electron chi connectivity index (χ1n) is 5.44. The maximum absolute atomic E-state index is 12.9. The molecule has 1 aliphatic rings. The van der Waals surface area contributed by atoms with E-state index in [1.807, 2.05) is 17.5 Å². The van der Waals surface area contributed by atoms with Crippen LogP contribution in [0, 0.1) is 0 Å². The highest BCUT2D eigenvalue weighted by atomic mass is 32.1. The second kappa shape index (κ2) is 5.10. The summed E-state index contributed by atoms with van der Waals surface area (Å²) in [6.07, 6.45) is -0.148. The molecule has 1 aliphatic heterocycles. The van der Waals surface area contributed by atoms with Crippen LogP contribution in [0.25, 0.3) is 0 Å². The molecule has 2 rings (SSSR count). The molecule has 1 amide bonds. The van der Waals surface area contributed by atoms with Crippen molar-refractivity contribution < 1.29 is 13.6 Å². The molecule has 94 valence electrons. The van der Waals surface area contributed by atoms with Gasteiger partial charge in [-0.1, -0.05) is 6.07 Å². The minimum absolute atomic E-state index is 0.0565. The number of alkyl halides is 2. The highest BCUT2D eigenvalue weighted by Gasteiger charge is 2.38. The van der Waals surface area contributed by atoms with Gasteiger partial charge in [-0.2, -0.15) is 0 Å². The lowest BCUT2D eigenvalue weighted by atomic mass is 10.3. The van der Waals surface area contributed by atoms with Gasteiger partial charge < -0.3 is 5.32 Å². The summed E-state index contributed by atoms with van der Waals surface area (Å²) in [4.78, 5) is 14.1. The molecule has 0 radical (unpaired) electrons. The van der Waals surface area contributed by atoms with Crippen molar-refractivity contribution in [2.45, 2.75) is 18.9 Å². The van der Waals surface area contributed by atoms with Crippen LogP contribution in [0.4, 0.5) is 8.78 Å². The number of nitrogens with one attached hydrogen (secondary N) is 1. The number of nitrogens with zero attached hydrogens (tertiary/aromatic N) is 1. The quantitative estimate of drug-likeness (QED) is 0.893. The summed E-state index contributed by atoms with van der Waals surface area (Å²) in [6.45, 7) is 0.514.